The van der Waals surface area contributed by atoms with Crippen LogP contribution < -0.4 is 10.6 Å². The van der Waals surface area contributed by atoms with Crippen LogP contribution in [0.15, 0.2) is 18.2 Å². The van der Waals surface area contributed by atoms with E-state index in [-0.39, 0.29) is 6.04 Å². The Labute approximate surface area is 118 Å². The Bertz CT molecular complexity index is 406. The summed E-state index contributed by atoms with van der Waals surface area (Å²) in [5.41, 5.74) is 9.97. The fourth-order valence-corrected chi connectivity index (χ4v) is 3.32. The van der Waals surface area contributed by atoms with Gasteiger partial charge < -0.3 is 10.6 Å². The predicted octanol–water partition coefficient (Wildman–Crippen LogP) is 3.51. The molecule has 1 atom stereocenters. The molecule has 2 heteroatoms. The lowest BCUT2D eigenvalue weighted by atomic mass is 10.0. The first-order chi connectivity index (χ1) is 9.06. The average molecular weight is 260 g/mol. The maximum atomic E-state index is 5.87. The van der Waals surface area contributed by atoms with E-state index in [1.807, 2.05) is 0 Å². The van der Waals surface area contributed by atoms with Gasteiger partial charge in [0.15, 0.2) is 0 Å². The Balaban J connectivity index is 2.02. The molecule has 1 aromatic carbocycles. The van der Waals surface area contributed by atoms with Gasteiger partial charge in [-0.25, -0.2) is 0 Å². The van der Waals surface area contributed by atoms with E-state index in [4.69, 9.17) is 5.73 Å². The first-order valence-electron chi connectivity index (χ1n) is 7.62. The first-order valence-corrected chi connectivity index (χ1v) is 7.62. The van der Waals surface area contributed by atoms with Gasteiger partial charge >= 0.3 is 0 Å². The molecule has 1 aromatic rings. The Morgan fingerprint density at radius 3 is 2.58 bits per heavy atom. The highest BCUT2D eigenvalue weighted by Crippen LogP contribution is 2.28. The van der Waals surface area contributed by atoms with Gasteiger partial charge in [-0.15, -0.1) is 0 Å². The van der Waals surface area contributed by atoms with E-state index in [0.717, 1.165) is 12.3 Å². The molecule has 0 radical (unpaired) electrons. The number of nitrogens with zero attached hydrogens (tertiary/aromatic N) is 1. The smallest absolute Gasteiger partial charge is 0.0393 e. The topological polar surface area (TPSA) is 29.3 Å². The van der Waals surface area contributed by atoms with Crippen LogP contribution in [0.4, 0.5) is 5.69 Å². The number of hydrogen-bond donors (Lipinski definition) is 1. The number of rotatable bonds is 5. The maximum Gasteiger partial charge on any atom is 0.0393 e. The van der Waals surface area contributed by atoms with E-state index < -0.39 is 0 Å². The highest BCUT2D eigenvalue weighted by Gasteiger charge is 2.17. The van der Waals surface area contributed by atoms with Gasteiger partial charge in [0.05, 0.1) is 0 Å². The summed E-state index contributed by atoms with van der Waals surface area (Å²) in [4.78, 5) is 2.43. The Hall–Kier alpha value is -1.02. The monoisotopic (exact) mass is 260 g/mol. The van der Waals surface area contributed by atoms with Gasteiger partial charge in [-0.1, -0.05) is 25.0 Å². The van der Waals surface area contributed by atoms with Crippen molar-refractivity contribution in [2.24, 2.45) is 11.7 Å². The van der Waals surface area contributed by atoms with Crippen LogP contribution in [0.2, 0.25) is 0 Å². The molecule has 1 aliphatic rings. The normalized spacial score (nSPS) is 17.7. The molecular formula is C17H28N2. The lowest BCUT2D eigenvalue weighted by Gasteiger charge is -2.25. The quantitative estimate of drug-likeness (QED) is 0.878. The number of aryl methyl sites for hydroxylation is 1. The molecule has 0 heterocycles. The molecule has 0 bridgehead atoms. The second-order valence-electron chi connectivity index (χ2n) is 6.33. The van der Waals surface area contributed by atoms with E-state index in [2.05, 4.69) is 44.0 Å². The summed E-state index contributed by atoms with van der Waals surface area (Å²) in [6.45, 7) is 5.48. The van der Waals surface area contributed by atoms with Crippen molar-refractivity contribution in [1.82, 2.24) is 0 Å². The fourth-order valence-electron chi connectivity index (χ4n) is 3.32. The molecule has 1 fully saturated rings. The van der Waals surface area contributed by atoms with Gasteiger partial charge in [0, 0.05) is 25.3 Å². The summed E-state index contributed by atoms with van der Waals surface area (Å²) in [6, 6.07) is 7.03. The van der Waals surface area contributed by atoms with Crippen LogP contribution in [0, 0.1) is 12.8 Å². The van der Waals surface area contributed by atoms with Crippen molar-refractivity contribution in [3.05, 3.63) is 29.3 Å². The van der Waals surface area contributed by atoms with Crippen LogP contribution in [-0.2, 0) is 6.42 Å². The van der Waals surface area contributed by atoms with Crippen molar-refractivity contribution in [3.63, 3.8) is 0 Å². The third kappa shape index (κ3) is 3.97. The molecule has 0 saturated heterocycles. The third-order valence-corrected chi connectivity index (χ3v) is 4.24. The van der Waals surface area contributed by atoms with Crippen LogP contribution in [0.1, 0.15) is 43.7 Å². The van der Waals surface area contributed by atoms with Crippen LogP contribution in [0.3, 0.4) is 0 Å². The molecule has 2 nitrogen and oxygen atoms in total. The zero-order valence-corrected chi connectivity index (χ0v) is 12.7. The summed E-state index contributed by atoms with van der Waals surface area (Å²) in [7, 11) is 2.23. The SMILES string of the molecule is Cc1cc(CC(C)N)ccc1N(C)CC1CCCC1. The molecule has 1 aliphatic carbocycles. The zero-order valence-electron chi connectivity index (χ0n) is 12.7. The number of nitrogens with two attached hydrogens (primary N) is 1. The Morgan fingerprint density at radius 2 is 2.00 bits per heavy atom. The van der Waals surface area contributed by atoms with Crippen molar-refractivity contribution in [1.29, 1.82) is 0 Å². The van der Waals surface area contributed by atoms with Crippen molar-refractivity contribution >= 4 is 5.69 Å². The molecule has 1 saturated carbocycles. The van der Waals surface area contributed by atoms with Gasteiger partial charge in [0.25, 0.3) is 0 Å². The van der Waals surface area contributed by atoms with Gasteiger partial charge in [-0.3, -0.25) is 0 Å². The average Bonchev–Trinajstić information content (AvgIpc) is 2.80. The van der Waals surface area contributed by atoms with Crippen LogP contribution in [0.25, 0.3) is 0 Å². The molecule has 0 spiro atoms. The minimum atomic E-state index is 0.237. The molecule has 0 aromatic heterocycles. The van der Waals surface area contributed by atoms with Crippen molar-refractivity contribution in [2.45, 2.75) is 52.0 Å². The molecule has 2 rings (SSSR count). The standard InChI is InChI=1S/C17H28N2/c1-13-10-16(11-14(2)18)8-9-17(13)19(3)12-15-6-4-5-7-15/h8-10,14-15H,4-7,11-12,18H2,1-3H3. The largest absolute Gasteiger partial charge is 0.374 e. The highest BCUT2D eigenvalue weighted by molar-refractivity contribution is 5.54. The fraction of sp³-hybridized carbons (Fsp3) is 0.647. The molecule has 106 valence electrons. The summed E-state index contributed by atoms with van der Waals surface area (Å²) in [5.74, 6) is 0.896. The van der Waals surface area contributed by atoms with Gasteiger partial charge in [0.2, 0.25) is 0 Å². The van der Waals surface area contributed by atoms with E-state index in [0.29, 0.717) is 0 Å². The molecule has 0 amide bonds. The highest BCUT2D eigenvalue weighted by atomic mass is 15.1. The van der Waals surface area contributed by atoms with E-state index in [1.54, 1.807) is 0 Å². The van der Waals surface area contributed by atoms with Crippen LogP contribution >= 0.6 is 0 Å². The first kappa shape index (κ1) is 14.4. The van der Waals surface area contributed by atoms with Gasteiger partial charge in [0.1, 0.15) is 0 Å². The second kappa shape index (κ2) is 6.42. The zero-order chi connectivity index (χ0) is 13.8. The molecular weight excluding hydrogens is 232 g/mol. The number of anilines is 1. The van der Waals surface area contributed by atoms with E-state index in [9.17, 15) is 0 Å². The molecule has 2 N–H and O–H groups in total. The lowest BCUT2D eigenvalue weighted by Crippen LogP contribution is -2.24. The van der Waals surface area contributed by atoms with E-state index in [1.165, 1.54) is 49.0 Å². The number of benzene rings is 1. The third-order valence-electron chi connectivity index (χ3n) is 4.24. The van der Waals surface area contributed by atoms with Gasteiger partial charge in [-0.2, -0.15) is 0 Å². The Kier molecular flexibility index (Phi) is 4.87. The molecule has 19 heavy (non-hydrogen) atoms. The Morgan fingerprint density at radius 1 is 1.32 bits per heavy atom. The summed E-state index contributed by atoms with van der Waals surface area (Å²) in [5, 5.41) is 0. The van der Waals surface area contributed by atoms with Crippen LogP contribution in [-0.4, -0.2) is 19.6 Å². The number of hydrogen-bond acceptors (Lipinski definition) is 2. The minimum absolute atomic E-state index is 0.237. The minimum Gasteiger partial charge on any atom is -0.374 e. The summed E-state index contributed by atoms with van der Waals surface area (Å²) in [6.07, 6.45) is 6.63. The maximum absolute atomic E-state index is 5.87. The van der Waals surface area contributed by atoms with Crippen molar-refractivity contribution in [2.75, 3.05) is 18.5 Å². The summed E-state index contributed by atoms with van der Waals surface area (Å²) >= 11 is 0. The summed E-state index contributed by atoms with van der Waals surface area (Å²) < 4.78 is 0. The predicted molar refractivity (Wildman–Crippen MR) is 83.8 cm³/mol. The van der Waals surface area contributed by atoms with Gasteiger partial charge in [-0.05, 0) is 56.2 Å². The van der Waals surface area contributed by atoms with Crippen molar-refractivity contribution in [3.8, 4) is 0 Å². The molecule has 0 aliphatic heterocycles. The second-order valence-corrected chi connectivity index (χ2v) is 6.33. The van der Waals surface area contributed by atoms with E-state index >= 15 is 0 Å². The molecule has 1 unspecified atom stereocenters. The lowest BCUT2D eigenvalue weighted by molar-refractivity contribution is 0.546. The van der Waals surface area contributed by atoms with Crippen molar-refractivity contribution < 1.29 is 0 Å². The van der Waals surface area contributed by atoms with Crippen LogP contribution in [0.5, 0.6) is 0 Å².